The van der Waals surface area contributed by atoms with Crippen LogP contribution in [0.1, 0.15) is 21.5 Å². The number of carbonyl (C=O) groups is 1. The minimum Gasteiger partial charge on any atom is -0.415 e. The molecule has 0 aliphatic rings. The molecule has 0 unspecified atom stereocenters. The maximum Gasteiger partial charge on any atom is 0.344 e. The highest BCUT2D eigenvalue weighted by Crippen LogP contribution is 2.28. The predicted molar refractivity (Wildman–Crippen MR) is 73.9 cm³/mol. The van der Waals surface area contributed by atoms with Crippen molar-refractivity contribution in [2.75, 3.05) is 0 Å². The van der Waals surface area contributed by atoms with Gasteiger partial charge in [-0.3, -0.25) is 10.1 Å². The van der Waals surface area contributed by atoms with Crippen LogP contribution in [0.4, 0.5) is 10.1 Å². The summed E-state index contributed by atoms with van der Waals surface area (Å²) in [6.07, 6.45) is 0. The number of halogens is 1. The quantitative estimate of drug-likeness (QED) is 0.375. The number of nitro benzene ring substituents is 1. The van der Waals surface area contributed by atoms with E-state index in [4.69, 9.17) is 4.74 Å². The van der Waals surface area contributed by atoms with Gasteiger partial charge in [-0.15, -0.1) is 0 Å². The number of aryl methyl sites for hydroxylation is 2. The first-order chi connectivity index (χ1) is 9.88. The number of nitrogens with zero attached hydrogens (tertiary/aromatic N) is 1. The lowest BCUT2D eigenvalue weighted by Gasteiger charge is -2.08. The van der Waals surface area contributed by atoms with Crippen LogP contribution in [0.25, 0.3) is 0 Å². The number of rotatable bonds is 3. The van der Waals surface area contributed by atoms with Gasteiger partial charge in [0.05, 0.1) is 10.5 Å². The first kappa shape index (κ1) is 14.6. The molecule has 108 valence electrons. The second-order valence-corrected chi connectivity index (χ2v) is 4.58. The van der Waals surface area contributed by atoms with E-state index in [1.54, 1.807) is 25.1 Å². The molecule has 2 rings (SSSR count). The number of carbonyl (C=O) groups excluding carboxylic acids is 1. The molecule has 2 aromatic rings. The number of benzene rings is 2. The Morgan fingerprint density at radius 1 is 1.19 bits per heavy atom. The monoisotopic (exact) mass is 289 g/mol. The fourth-order valence-electron chi connectivity index (χ4n) is 1.92. The minimum atomic E-state index is -0.763. The fourth-order valence-corrected chi connectivity index (χ4v) is 1.92. The van der Waals surface area contributed by atoms with Gasteiger partial charge in [0.25, 0.3) is 0 Å². The molecule has 0 aromatic heterocycles. The van der Waals surface area contributed by atoms with E-state index < -0.39 is 28.1 Å². The van der Waals surface area contributed by atoms with Gasteiger partial charge in [-0.2, -0.15) is 0 Å². The van der Waals surface area contributed by atoms with Crippen LogP contribution in [0, 0.1) is 29.8 Å². The molecule has 0 radical (unpaired) electrons. The van der Waals surface area contributed by atoms with Crippen LogP contribution in [0.3, 0.4) is 0 Å². The Balaban J connectivity index is 2.35. The minimum absolute atomic E-state index is 0.277. The summed E-state index contributed by atoms with van der Waals surface area (Å²) in [5.74, 6) is -1.89. The Morgan fingerprint density at radius 3 is 2.52 bits per heavy atom. The zero-order valence-corrected chi connectivity index (χ0v) is 11.4. The number of hydrogen-bond donors (Lipinski definition) is 0. The van der Waals surface area contributed by atoms with Crippen molar-refractivity contribution in [1.82, 2.24) is 0 Å². The first-order valence-corrected chi connectivity index (χ1v) is 6.12. The van der Waals surface area contributed by atoms with Gasteiger partial charge in [-0.25, -0.2) is 9.18 Å². The lowest BCUT2D eigenvalue weighted by atomic mass is 10.1. The largest absolute Gasteiger partial charge is 0.415 e. The average Bonchev–Trinajstić information content (AvgIpc) is 2.37. The van der Waals surface area contributed by atoms with E-state index in [1.807, 2.05) is 6.92 Å². The molecule has 0 saturated carbocycles. The van der Waals surface area contributed by atoms with Crippen LogP contribution in [-0.4, -0.2) is 10.9 Å². The van der Waals surface area contributed by atoms with Gasteiger partial charge in [0.1, 0.15) is 5.82 Å². The lowest BCUT2D eigenvalue weighted by Crippen LogP contribution is -2.11. The van der Waals surface area contributed by atoms with Crippen molar-refractivity contribution in [3.05, 3.63) is 69.0 Å². The van der Waals surface area contributed by atoms with Crippen LogP contribution in [0.15, 0.2) is 36.4 Å². The highest BCUT2D eigenvalue weighted by molar-refractivity contribution is 5.93. The van der Waals surface area contributed by atoms with E-state index in [2.05, 4.69) is 0 Å². The number of ether oxygens (including phenoxy) is 1. The van der Waals surface area contributed by atoms with Crippen LogP contribution in [-0.2, 0) is 0 Å². The molecule has 2 aromatic carbocycles. The van der Waals surface area contributed by atoms with Gasteiger partial charge in [0.2, 0.25) is 5.75 Å². The van der Waals surface area contributed by atoms with Crippen LogP contribution in [0.5, 0.6) is 5.75 Å². The van der Waals surface area contributed by atoms with Crippen molar-refractivity contribution in [2.45, 2.75) is 13.8 Å². The van der Waals surface area contributed by atoms with Gasteiger partial charge in [0, 0.05) is 12.1 Å². The standard InChI is InChI=1S/C15H12FNO4/c1-9-3-5-12(10(2)7-9)15(18)21-14-8-11(16)4-6-13(14)17(19)20/h3-8H,1-2H3. The van der Waals surface area contributed by atoms with Gasteiger partial charge in [0.15, 0.2) is 0 Å². The van der Waals surface area contributed by atoms with E-state index in [9.17, 15) is 19.3 Å². The number of nitro groups is 1. The summed E-state index contributed by atoms with van der Waals surface area (Å²) < 4.78 is 18.2. The smallest absolute Gasteiger partial charge is 0.344 e. The van der Waals surface area contributed by atoms with Crippen molar-refractivity contribution >= 4 is 11.7 Å². The summed E-state index contributed by atoms with van der Waals surface area (Å²) in [4.78, 5) is 22.2. The molecule has 0 aliphatic heterocycles. The zero-order valence-electron chi connectivity index (χ0n) is 11.4. The SMILES string of the molecule is Cc1ccc(C(=O)Oc2cc(F)ccc2[N+](=O)[O-])c(C)c1. The number of esters is 1. The molecule has 0 heterocycles. The molecular formula is C15H12FNO4. The molecule has 0 amide bonds. The molecular weight excluding hydrogens is 277 g/mol. The van der Waals surface area contributed by atoms with Crippen molar-refractivity contribution < 1.29 is 18.8 Å². The highest BCUT2D eigenvalue weighted by Gasteiger charge is 2.20. The Labute approximate surface area is 120 Å². The summed E-state index contributed by atoms with van der Waals surface area (Å²) in [6.45, 7) is 3.60. The van der Waals surface area contributed by atoms with Crippen molar-refractivity contribution in [2.24, 2.45) is 0 Å². The van der Waals surface area contributed by atoms with Crippen LogP contribution < -0.4 is 4.74 Å². The topological polar surface area (TPSA) is 69.4 Å². The van der Waals surface area contributed by atoms with E-state index >= 15 is 0 Å². The first-order valence-electron chi connectivity index (χ1n) is 6.12. The third-order valence-corrected chi connectivity index (χ3v) is 2.92. The molecule has 0 bridgehead atoms. The zero-order chi connectivity index (χ0) is 15.6. The second kappa shape index (κ2) is 5.70. The van der Waals surface area contributed by atoms with Crippen LogP contribution >= 0.6 is 0 Å². The fraction of sp³-hybridized carbons (Fsp3) is 0.133. The van der Waals surface area contributed by atoms with Crippen molar-refractivity contribution in [3.8, 4) is 5.75 Å². The molecule has 0 saturated heterocycles. The maximum atomic E-state index is 13.2. The van der Waals surface area contributed by atoms with E-state index in [-0.39, 0.29) is 5.56 Å². The highest BCUT2D eigenvalue weighted by atomic mass is 19.1. The summed E-state index contributed by atoms with van der Waals surface area (Å²) in [7, 11) is 0. The lowest BCUT2D eigenvalue weighted by molar-refractivity contribution is -0.385. The average molecular weight is 289 g/mol. The van der Waals surface area contributed by atoms with Crippen LogP contribution in [0.2, 0.25) is 0 Å². The van der Waals surface area contributed by atoms with E-state index in [1.165, 1.54) is 0 Å². The van der Waals surface area contributed by atoms with Crippen molar-refractivity contribution in [3.63, 3.8) is 0 Å². The molecule has 5 nitrogen and oxygen atoms in total. The van der Waals surface area contributed by atoms with Gasteiger partial charge in [-0.05, 0) is 31.5 Å². The Kier molecular flexibility index (Phi) is 3.98. The third kappa shape index (κ3) is 3.22. The molecule has 6 heteroatoms. The summed E-state index contributed by atoms with van der Waals surface area (Å²) >= 11 is 0. The Hall–Kier alpha value is -2.76. The summed E-state index contributed by atoms with van der Waals surface area (Å²) in [5, 5.41) is 10.9. The Bertz CT molecular complexity index is 728. The third-order valence-electron chi connectivity index (χ3n) is 2.92. The van der Waals surface area contributed by atoms with E-state index in [0.29, 0.717) is 5.56 Å². The Morgan fingerprint density at radius 2 is 1.90 bits per heavy atom. The molecule has 21 heavy (non-hydrogen) atoms. The molecule has 0 atom stereocenters. The predicted octanol–water partition coefficient (Wildman–Crippen LogP) is 3.57. The van der Waals surface area contributed by atoms with Gasteiger partial charge in [-0.1, -0.05) is 17.7 Å². The summed E-state index contributed by atoms with van der Waals surface area (Å²) in [5.41, 5.74) is 1.47. The molecule has 0 spiro atoms. The maximum absolute atomic E-state index is 13.2. The summed E-state index contributed by atoms with van der Waals surface area (Å²) in [6, 6.07) is 7.80. The second-order valence-electron chi connectivity index (χ2n) is 4.58. The molecule has 0 fully saturated rings. The van der Waals surface area contributed by atoms with E-state index in [0.717, 1.165) is 23.8 Å². The van der Waals surface area contributed by atoms with Crippen molar-refractivity contribution in [1.29, 1.82) is 0 Å². The molecule has 0 N–H and O–H groups in total. The van der Waals surface area contributed by atoms with Gasteiger partial charge >= 0.3 is 11.7 Å². The van der Waals surface area contributed by atoms with Gasteiger partial charge < -0.3 is 4.74 Å². The number of hydrogen-bond acceptors (Lipinski definition) is 4. The molecule has 0 aliphatic carbocycles. The normalized spacial score (nSPS) is 10.2.